The predicted molar refractivity (Wildman–Crippen MR) is 75.5 cm³/mol. The lowest BCUT2D eigenvalue weighted by Crippen LogP contribution is -2.14. The lowest BCUT2D eigenvalue weighted by Gasteiger charge is -2.02. The third-order valence-electron chi connectivity index (χ3n) is 2.83. The van der Waals surface area contributed by atoms with E-state index in [0.717, 1.165) is 18.7 Å². The molecule has 0 unspecified atom stereocenters. The molecule has 92 valence electrons. The Morgan fingerprint density at radius 3 is 3.00 bits per heavy atom. The highest BCUT2D eigenvalue weighted by Gasteiger charge is 2.03. The number of nitrogens with one attached hydrogen (secondary N) is 1. The van der Waals surface area contributed by atoms with Crippen LogP contribution in [0.3, 0.4) is 0 Å². The second-order valence-electron chi connectivity index (χ2n) is 4.13. The number of para-hydroxylation sites is 1. The number of thioether (sulfide) groups is 1. The average molecular weight is 249 g/mol. The van der Waals surface area contributed by atoms with Gasteiger partial charge >= 0.3 is 0 Å². The maximum atomic E-state index is 5.50. The first-order valence-corrected chi connectivity index (χ1v) is 7.46. The minimum atomic E-state index is 0.899. The van der Waals surface area contributed by atoms with Gasteiger partial charge in [0.1, 0.15) is 5.58 Å². The van der Waals surface area contributed by atoms with E-state index >= 15 is 0 Å². The summed E-state index contributed by atoms with van der Waals surface area (Å²) in [5.74, 6) is 1.26. The zero-order chi connectivity index (χ0) is 11.9. The molecule has 0 atom stereocenters. The molecule has 0 saturated heterocycles. The second kappa shape index (κ2) is 6.72. The molecule has 1 aromatic carbocycles. The number of unbranched alkanes of at least 4 members (excludes halogenated alkanes) is 1. The number of fused-ring (bicyclic) bond motifs is 1. The number of rotatable bonds is 7. The largest absolute Gasteiger partial charge is 0.464 e. The number of furan rings is 1. The summed E-state index contributed by atoms with van der Waals surface area (Å²) in [4.78, 5) is 0. The number of hydrogen-bond donors (Lipinski definition) is 1. The predicted octanol–water partition coefficient (Wildman–Crippen LogP) is 3.67. The molecule has 0 aliphatic heterocycles. The molecule has 2 aromatic rings. The van der Waals surface area contributed by atoms with Crippen molar-refractivity contribution < 1.29 is 4.42 Å². The summed E-state index contributed by atoms with van der Waals surface area (Å²) in [5.41, 5.74) is 2.23. The SMILES string of the molecule is CSCCCCNCc1coc2ccccc12. The van der Waals surface area contributed by atoms with Crippen molar-refractivity contribution in [1.29, 1.82) is 0 Å². The van der Waals surface area contributed by atoms with E-state index in [9.17, 15) is 0 Å². The molecule has 1 heterocycles. The monoisotopic (exact) mass is 249 g/mol. The van der Waals surface area contributed by atoms with Crippen LogP contribution in [0.1, 0.15) is 18.4 Å². The van der Waals surface area contributed by atoms with Gasteiger partial charge in [-0.05, 0) is 37.5 Å². The van der Waals surface area contributed by atoms with Crippen LogP contribution in [0.4, 0.5) is 0 Å². The van der Waals surface area contributed by atoms with Crippen molar-refractivity contribution in [3.8, 4) is 0 Å². The minimum absolute atomic E-state index is 0.899. The molecule has 17 heavy (non-hydrogen) atoms. The standard InChI is InChI=1S/C14H19NOS/c1-17-9-5-4-8-15-10-12-11-16-14-7-3-2-6-13(12)14/h2-3,6-7,11,15H,4-5,8-10H2,1H3. The molecule has 0 aliphatic carbocycles. The van der Waals surface area contributed by atoms with Crippen LogP contribution in [0.5, 0.6) is 0 Å². The van der Waals surface area contributed by atoms with Crippen LogP contribution >= 0.6 is 11.8 Å². The summed E-state index contributed by atoms with van der Waals surface area (Å²) in [6.07, 6.45) is 6.56. The van der Waals surface area contributed by atoms with E-state index in [-0.39, 0.29) is 0 Å². The van der Waals surface area contributed by atoms with Crippen LogP contribution in [0.2, 0.25) is 0 Å². The average Bonchev–Trinajstić information content (AvgIpc) is 2.77. The van der Waals surface area contributed by atoms with Gasteiger partial charge in [-0.1, -0.05) is 18.2 Å². The third-order valence-corrected chi connectivity index (χ3v) is 3.53. The van der Waals surface area contributed by atoms with E-state index in [1.54, 1.807) is 0 Å². The van der Waals surface area contributed by atoms with E-state index in [1.165, 1.54) is 29.5 Å². The van der Waals surface area contributed by atoms with Crippen molar-refractivity contribution in [1.82, 2.24) is 5.32 Å². The third kappa shape index (κ3) is 3.51. The minimum Gasteiger partial charge on any atom is -0.464 e. The van der Waals surface area contributed by atoms with Crippen LogP contribution < -0.4 is 5.32 Å². The van der Waals surface area contributed by atoms with Crippen molar-refractivity contribution in [3.05, 3.63) is 36.1 Å². The van der Waals surface area contributed by atoms with Gasteiger partial charge in [0.2, 0.25) is 0 Å². The Morgan fingerprint density at radius 2 is 2.12 bits per heavy atom. The van der Waals surface area contributed by atoms with Crippen molar-refractivity contribution in [2.24, 2.45) is 0 Å². The van der Waals surface area contributed by atoms with E-state index in [1.807, 2.05) is 30.2 Å². The Morgan fingerprint density at radius 1 is 1.24 bits per heavy atom. The Labute approximate surface area is 107 Å². The molecule has 0 spiro atoms. The molecule has 0 saturated carbocycles. The zero-order valence-electron chi connectivity index (χ0n) is 10.2. The van der Waals surface area contributed by atoms with E-state index in [4.69, 9.17) is 4.42 Å². The number of hydrogen-bond acceptors (Lipinski definition) is 3. The van der Waals surface area contributed by atoms with Gasteiger partial charge in [-0.15, -0.1) is 0 Å². The van der Waals surface area contributed by atoms with Crippen molar-refractivity contribution >= 4 is 22.7 Å². The van der Waals surface area contributed by atoms with Crippen molar-refractivity contribution in [3.63, 3.8) is 0 Å². The fourth-order valence-corrected chi connectivity index (χ4v) is 2.38. The fraction of sp³-hybridized carbons (Fsp3) is 0.429. The lowest BCUT2D eigenvalue weighted by molar-refractivity contribution is 0.597. The summed E-state index contributed by atoms with van der Waals surface area (Å²) < 4.78 is 5.50. The first-order valence-electron chi connectivity index (χ1n) is 6.06. The lowest BCUT2D eigenvalue weighted by atomic mass is 10.2. The molecule has 1 aromatic heterocycles. The summed E-state index contributed by atoms with van der Waals surface area (Å²) in [7, 11) is 0. The molecule has 0 aliphatic rings. The maximum absolute atomic E-state index is 5.50. The molecule has 0 fully saturated rings. The van der Waals surface area contributed by atoms with Gasteiger partial charge in [-0.25, -0.2) is 0 Å². The van der Waals surface area contributed by atoms with Crippen molar-refractivity contribution in [2.75, 3.05) is 18.6 Å². The second-order valence-corrected chi connectivity index (χ2v) is 5.12. The fourth-order valence-electron chi connectivity index (χ4n) is 1.89. The van der Waals surface area contributed by atoms with Gasteiger partial charge in [-0.2, -0.15) is 11.8 Å². The van der Waals surface area contributed by atoms with E-state index < -0.39 is 0 Å². The van der Waals surface area contributed by atoms with Crippen molar-refractivity contribution in [2.45, 2.75) is 19.4 Å². The first-order chi connectivity index (χ1) is 8.42. The van der Waals surface area contributed by atoms with Crippen LogP contribution in [0.25, 0.3) is 11.0 Å². The van der Waals surface area contributed by atoms with Gasteiger partial charge in [-0.3, -0.25) is 0 Å². The summed E-state index contributed by atoms with van der Waals surface area (Å²) >= 11 is 1.92. The van der Waals surface area contributed by atoms with Gasteiger partial charge in [0.05, 0.1) is 6.26 Å². The molecule has 0 amide bonds. The quantitative estimate of drug-likeness (QED) is 0.758. The van der Waals surface area contributed by atoms with E-state index in [0.29, 0.717) is 0 Å². The van der Waals surface area contributed by atoms with Crippen LogP contribution in [-0.2, 0) is 6.54 Å². The van der Waals surface area contributed by atoms with Gasteiger partial charge in [0, 0.05) is 17.5 Å². The molecule has 0 bridgehead atoms. The molecular weight excluding hydrogens is 230 g/mol. The first kappa shape index (κ1) is 12.5. The van der Waals surface area contributed by atoms with E-state index in [2.05, 4.69) is 23.7 Å². The van der Waals surface area contributed by atoms with Gasteiger partial charge in [0.15, 0.2) is 0 Å². The highest BCUT2D eigenvalue weighted by atomic mass is 32.2. The summed E-state index contributed by atoms with van der Waals surface area (Å²) in [5, 5.41) is 4.70. The molecule has 0 radical (unpaired) electrons. The normalized spacial score (nSPS) is 11.1. The Bertz CT molecular complexity index is 452. The topological polar surface area (TPSA) is 25.2 Å². The highest BCUT2D eigenvalue weighted by molar-refractivity contribution is 7.98. The summed E-state index contributed by atoms with van der Waals surface area (Å²) in [6, 6.07) is 8.19. The summed E-state index contributed by atoms with van der Waals surface area (Å²) in [6.45, 7) is 1.98. The molecular formula is C14H19NOS. The van der Waals surface area contributed by atoms with Crippen LogP contribution in [-0.4, -0.2) is 18.6 Å². The van der Waals surface area contributed by atoms with Gasteiger partial charge < -0.3 is 9.73 Å². The Balaban J connectivity index is 1.79. The Kier molecular flexibility index (Phi) is 4.95. The maximum Gasteiger partial charge on any atom is 0.134 e. The zero-order valence-corrected chi connectivity index (χ0v) is 11.1. The van der Waals surface area contributed by atoms with Crippen LogP contribution in [0.15, 0.2) is 34.9 Å². The molecule has 1 N–H and O–H groups in total. The number of benzene rings is 1. The molecule has 3 heteroatoms. The molecule has 2 rings (SSSR count). The Hall–Kier alpha value is -0.930. The smallest absolute Gasteiger partial charge is 0.134 e. The molecule has 2 nitrogen and oxygen atoms in total. The van der Waals surface area contributed by atoms with Crippen LogP contribution in [0, 0.1) is 0 Å². The van der Waals surface area contributed by atoms with Gasteiger partial charge in [0.25, 0.3) is 0 Å². The highest BCUT2D eigenvalue weighted by Crippen LogP contribution is 2.20.